The van der Waals surface area contributed by atoms with Gasteiger partial charge in [-0.3, -0.25) is 4.79 Å². The molecule has 1 aromatic rings. The van der Waals surface area contributed by atoms with Crippen LogP contribution in [0.4, 0.5) is 0 Å². The van der Waals surface area contributed by atoms with E-state index in [9.17, 15) is 9.59 Å². The number of cyclic esters (lactones) is 1. The molecule has 1 aromatic carbocycles. The minimum absolute atomic E-state index is 0.0282. The third-order valence-corrected chi connectivity index (χ3v) is 6.25. The maximum absolute atomic E-state index is 12.9. The number of hydrogen-bond acceptors (Lipinski definition) is 5. The van der Waals surface area contributed by atoms with Crippen LogP contribution in [0.3, 0.4) is 0 Å². The number of fused-ring (bicyclic) bond motifs is 1. The first-order valence-corrected chi connectivity index (χ1v) is 12.5. The predicted octanol–water partition coefficient (Wildman–Crippen LogP) is 5.32. The van der Waals surface area contributed by atoms with Gasteiger partial charge in [0.1, 0.15) is 0 Å². The van der Waals surface area contributed by atoms with Gasteiger partial charge in [-0.05, 0) is 75.5 Å². The van der Waals surface area contributed by atoms with Crippen LogP contribution in [0.5, 0.6) is 0 Å². The van der Waals surface area contributed by atoms with E-state index in [1.165, 1.54) is 6.42 Å². The lowest BCUT2D eigenvalue weighted by atomic mass is 9.95. The molecule has 1 atom stereocenters. The molecule has 0 aliphatic carbocycles. The molecular weight excluding hydrogens is 428 g/mol. The molecule has 1 unspecified atom stereocenters. The standard InChI is InChI=1S/C28H38N2O4/c1-21-11-6-4-9-16-33-28(32)27-23(3)17-22(2)18-24(27)19-25(13-10-12-21)29-34-20-26(31)30-14-7-5-8-15-30/h6,10-11,13,17-18,21H,4-5,7-9,12,14-16,19-20H2,1-3H3/b11-6?,13-10+,29-25-. The van der Waals surface area contributed by atoms with Crippen molar-refractivity contribution in [3.05, 3.63) is 58.7 Å². The van der Waals surface area contributed by atoms with Crippen molar-refractivity contribution in [2.24, 2.45) is 11.1 Å². The molecule has 0 bridgehead atoms. The molecule has 184 valence electrons. The normalized spacial score (nSPS) is 22.3. The molecule has 2 heterocycles. The van der Waals surface area contributed by atoms with E-state index in [0.717, 1.165) is 61.9 Å². The molecule has 6 nitrogen and oxygen atoms in total. The molecule has 0 aromatic heterocycles. The van der Waals surface area contributed by atoms with Crippen LogP contribution >= 0.6 is 0 Å². The number of hydrogen-bond donors (Lipinski definition) is 0. The topological polar surface area (TPSA) is 68.2 Å². The van der Waals surface area contributed by atoms with Gasteiger partial charge in [-0.25, -0.2) is 4.79 Å². The zero-order chi connectivity index (χ0) is 24.3. The molecule has 0 radical (unpaired) electrons. The van der Waals surface area contributed by atoms with Crippen molar-refractivity contribution in [1.29, 1.82) is 0 Å². The van der Waals surface area contributed by atoms with Crippen LogP contribution in [0.15, 0.2) is 41.6 Å². The van der Waals surface area contributed by atoms with Gasteiger partial charge in [-0.15, -0.1) is 0 Å². The van der Waals surface area contributed by atoms with Gasteiger partial charge in [0.25, 0.3) is 5.91 Å². The summed E-state index contributed by atoms with van der Waals surface area (Å²) in [7, 11) is 0. The van der Waals surface area contributed by atoms with Gasteiger partial charge in [0, 0.05) is 19.5 Å². The van der Waals surface area contributed by atoms with Crippen LogP contribution in [-0.2, 0) is 20.8 Å². The van der Waals surface area contributed by atoms with E-state index < -0.39 is 0 Å². The number of benzene rings is 1. The second-order valence-electron chi connectivity index (χ2n) is 9.41. The van der Waals surface area contributed by atoms with Gasteiger partial charge >= 0.3 is 5.97 Å². The minimum Gasteiger partial charge on any atom is -0.462 e. The Labute approximate surface area is 203 Å². The summed E-state index contributed by atoms with van der Waals surface area (Å²) in [5.74, 6) is 0.0624. The molecule has 2 aliphatic heterocycles. The van der Waals surface area contributed by atoms with Gasteiger partial charge in [-0.2, -0.15) is 0 Å². The van der Waals surface area contributed by atoms with Crippen LogP contribution in [0.2, 0.25) is 0 Å². The van der Waals surface area contributed by atoms with Crippen molar-refractivity contribution < 1.29 is 19.2 Å². The molecular formula is C28H38N2O4. The Morgan fingerprint density at radius 1 is 1.15 bits per heavy atom. The first kappa shape index (κ1) is 25.7. The smallest absolute Gasteiger partial charge is 0.338 e. The highest BCUT2D eigenvalue weighted by Gasteiger charge is 2.19. The van der Waals surface area contributed by atoms with Gasteiger partial charge in [0.2, 0.25) is 0 Å². The monoisotopic (exact) mass is 466 g/mol. The van der Waals surface area contributed by atoms with Crippen LogP contribution in [-0.4, -0.2) is 48.8 Å². The number of ether oxygens (including phenoxy) is 1. The van der Waals surface area contributed by atoms with E-state index in [1.807, 2.05) is 37.0 Å². The van der Waals surface area contributed by atoms with Crippen molar-refractivity contribution >= 4 is 17.6 Å². The number of aryl methyl sites for hydroxylation is 2. The molecule has 3 rings (SSSR count). The van der Waals surface area contributed by atoms with E-state index in [2.05, 4.69) is 30.3 Å². The van der Waals surface area contributed by atoms with Crippen LogP contribution in [0, 0.1) is 19.8 Å². The Morgan fingerprint density at radius 3 is 2.74 bits per heavy atom. The van der Waals surface area contributed by atoms with Crippen LogP contribution < -0.4 is 0 Å². The first-order chi connectivity index (χ1) is 16.4. The molecule has 0 N–H and O–H groups in total. The fourth-order valence-corrected chi connectivity index (χ4v) is 4.47. The number of esters is 1. The van der Waals surface area contributed by atoms with E-state index in [4.69, 9.17) is 9.57 Å². The lowest BCUT2D eigenvalue weighted by Crippen LogP contribution is -2.37. The number of likely N-dealkylation sites (tertiary alicyclic amines) is 1. The van der Waals surface area contributed by atoms with Gasteiger partial charge in [-0.1, -0.05) is 48.0 Å². The molecule has 6 heteroatoms. The fraction of sp³-hybridized carbons (Fsp3) is 0.536. The quantitative estimate of drug-likeness (QED) is 0.343. The number of rotatable bonds is 3. The Balaban J connectivity index is 1.83. The lowest BCUT2D eigenvalue weighted by molar-refractivity contribution is -0.137. The lowest BCUT2D eigenvalue weighted by Gasteiger charge is -2.26. The molecule has 0 spiro atoms. The second-order valence-corrected chi connectivity index (χ2v) is 9.41. The summed E-state index contributed by atoms with van der Waals surface area (Å²) in [6.07, 6.45) is 14.6. The average Bonchev–Trinajstić information content (AvgIpc) is 2.81. The largest absolute Gasteiger partial charge is 0.462 e. The number of carbonyl (C=O) groups excluding carboxylic acids is 2. The second kappa shape index (κ2) is 13.1. The Morgan fingerprint density at radius 2 is 1.94 bits per heavy atom. The SMILES string of the molecule is Cc1cc(C)c2c(c1)CC(=N\OCC(=O)N1CCCCC1)/C=C/CC(C)C=CCCCOC2=O. The van der Waals surface area contributed by atoms with Crippen molar-refractivity contribution in [3.8, 4) is 0 Å². The average molecular weight is 467 g/mol. The number of amides is 1. The fourth-order valence-electron chi connectivity index (χ4n) is 4.47. The van der Waals surface area contributed by atoms with E-state index in [0.29, 0.717) is 30.2 Å². The Bertz CT molecular complexity index is 942. The van der Waals surface area contributed by atoms with Crippen molar-refractivity contribution in [2.75, 3.05) is 26.3 Å². The molecule has 34 heavy (non-hydrogen) atoms. The van der Waals surface area contributed by atoms with E-state index in [1.54, 1.807) is 0 Å². The van der Waals surface area contributed by atoms with Gasteiger partial charge in [0.15, 0.2) is 6.61 Å². The van der Waals surface area contributed by atoms with Crippen molar-refractivity contribution in [3.63, 3.8) is 0 Å². The summed E-state index contributed by atoms with van der Waals surface area (Å²) < 4.78 is 5.59. The van der Waals surface area contributed by atoms with Crippen molar-refractivity contribution in [2.45, 2.75) is 65.7 Å². The Kier molecular flexibility index (Phi) is 9.92. The third kappa shape index (κ3) is 7.86. The number of carbonyl (C=O) groups is 2. The predicted molar refractivity (Wildman–Crippen MR) is 135 cm³/mol. The summed E-state index contributed by atoms with van der Waals surface area (Å²) >= 11 is 0. The van der Waals surface area contributed by atoms with Crippen LogP contribution in [0.1, 0.15) is 72.5 Å². The van der Waals surface area contributed by atoms with Gasteiger partial charge in [0.05, 0.1) is 17.9 Å². The zero-order valence-corrected chi connectivity index (χ0v) is 20.8. The summed E-state index contributed by atoms with van der Waals surface area (Å²) in [5, 5.41) is 4.33. The number of allylic oxidation sites excluding steroid dienone is 4. The van der Waals surface area contributed by atoms with E-state index in [-0.39, 0.29) is 18.5 Å². The van der Waals surface area contributed by atoms with Gasteiger partial charge < -0.3 is 14.5 Å². The molecule has 0 saturated carbocycles. The summed E-state index contributed by atoms with van der Waals surface area (Å²) in [5.41, 5.74) is 4.09. The third-order valence-electron chi connectivity index (χ3n) is 6.25. The van der Waals surface area contributed by atoms with Crippen molar-refractivity contribution in [1.82, 2.24) is 4.90 Å². The summed E-state index contributed by atoms with van der Waals surface area (Å²) in [6.45, 7) is 8.03. The molecule has 1 amide bonds. The molecule has 1 saturated heterocycles. The molecule has 2 aliphatic rings. The highest BCUT2D eigenvalue weighted by molar-refractivity contribution is 6.00. The minimum atomic E-state index is -0.302. The first-order valence-electron chi connectivity index (χ1n) is 12.5. The van der Waals surface area contributed by atoms with Crippen LogP contribution in [0.25, 0.3) is 0 Å². The zero-order valence-electron chi connectivity index (χ0n) is 20.8. The maximum atomic E-state index is 12.9. The summed E-state index contributed by atoms with van der Waals surface area (Å²) in [6, 6.07) is 4.01. The maximum Gasteiger partial charge on any atom is 0.338 e. The highest BCUT2D eigenvalue weighted by Crippen LogP contribution is 2.21. The molecule has 1 fully saturated rings. The summed E-state index contributed by atoms with van der Waals surface area (Å²) in [4.78, 5) is 32.8. The van der Waals surface area contributed by atoms with E-state index >= 15 is 0 Å². The number of piperidine rings is 1. The number of nitrogens with zero attached hydrogens (tertiary/aromatic N) is 2. The number of oxime groups is 1. The Hall–Kier alpha value is -2.89. The highest BCUT2D eigenvalue weighted by atomic mass is 16.6.